The molecule has 0 aliphatic carbocycles. The number of benzene rings is 1. The van der Waals surface area contributed by atoms with Gasteiger partial charge in [0.25, 0.3) is 0 Å². The zero-order chi connectivity index (χ0) is 13.0. The lowest BCUT2D eigenvalue weighted by Gasteiger charge is -2.17. The van der Waals surface area contributed by atoms with E-state index < -0.39 is 0 Å². The summed E-state index contributed by atoms with van der Waals surface area (Å²) in [6, 6.07) is 8.91. The Hall–Kier alpha value is -1.78. The largest absolute Gasteiger partial charge is 0.271 e. The molecule has 2 aromatic rings. The molecule has 0 radical (unpaired) electrons. The molecule has 0 amide bonds. The van der Waals surface area contributed by atoms with Gasteiger partial charge in [0, 0.05) is 18.4 Å². The van der Waals surface area contributed by atoms with Crippen LogP contribution in [0.1, 0.15) is 22.7 Å². The summed E-state index contributed by atoms with van der Waals surface area (Å²) in [5, 5.41) is 0. The van der Waals surface area contributed by atoms with Crippen LogP contribution in [0.5, 0.6) is 0 Å². The number of rotatable bonds is 4. The first-order valence-electron chi connectivity index (χ1n) is 5.82. The van der Waals surface area contributed by atoms with Crippen molar-refractivity contribution in [3.63, 3.8) is 0 Å². The normalized spacial score (nSPS) is 12.4. The maximum atomic E-state index is 13.2. The van der Waals surface area contributed by atoms with Crippen LogP contribution < -0.4 is 11.3 Å². The van der Waals surface area contributed by atoms with Gasteiger partial charge in [0.15, 0.2) is 0 Å². The molecule has 0 spiro atoms. The summed E-state index contributed by atoms with van der Waals surface area (Å²) in [4.78, 5) is 3.98. The number of aromatic nitrogens is 1. The molecule has 3 nitrogen and oxygen atoms in total. The molecule has 0 bridgehead atoms. The summed E-state index contributed by atoms with van der Waals surface area (Å²) in [6.45, 7) is 1.75. The van der Waals surface area contributed by atoms with Gasteiger partial charge in [-0.3, -0.25) is 16.3 Å². The molecule has 3 N–H and O–H groups in total. The molecule has 0 fully saturated rings. The van der Waals surface area contributed by atoms with E-state index in [4.69, 9.17) is 5.84 Å². The van der Waals surface area contributed by atoms with Crippen LogP contribution in [0.15, 0.2) is 42.7 Å². The Bertz CT molecular complexity index is 514. The van der Waals surface area contributed by atoms with E-state index in [9.17, 15) is 4.39 Å². The van der Waals surface area contributed by atoms with Gasteiger partial charge in [-0.2, -0.15) is 0 Å². The van der Waals surface area contributed by atoms with E-state index in [-0.39, 0.29) is 11.9 Å². The van der Waals surface area contributed by atoms with E-state index in [0.29, 0.717) is 5.56 Å². The van der Waals surface area contributed by atoms with Crippen molar-refractivity contribution in [1.82, 2.24) is 10.4 Å². The van der Waals surface area contributed by atoms with Gasteiger partial charge in [-0.25, -0.2) is 4.39 Å². The summed E-state index contributed by atoms with van der Waals surface area (Å²) in [6.07, 6.45) is 4.24. The lowest BCUT2D eigenvalue weighted by molar-refractivity contribution is 0.548. The predicted molar refractivity (Wildman–Crippen MR) is 69.1 cm³/mol. The minimum Gasteiger partial charge on any atom is -0.271 e. The van der Waals surface area contributed by atoms with Gasteiger partial charge in [0.1, 0.15) is 5.82 Å². The standard InChI is InChI=1S/C14H16FN3/c1-10-8-12(2-3-13(10)15)14(18-16)9-11-4-6-17-7-5-11/h2-8,14,18H,9,16H2,1H3. The fourth-order valence-electron chi connectivity index (χ4n) is 1.91. The fraction of sp³-hybridized carbons (Fsp3) is 0.214. The van der Waals surface area contributed by atoms with E-state index >= 15 is 0 Å². The van der Waals surface area contributed by atoms with E-state index in [1.807, 2.05) is 18.2 Å². The highest BCUT2D eigenvalue weighted by molar-refractivity contribution is 5.28. The summed E-state index contributed by atoms with van der Waals surface area (Å²) < 4.78 is 13.2. The topological polar surface area (TPSA) is 50.9 Å². The van der Waals surface area contributed by atoms with E-state index in [1.165, 1.54) is 6.07 Å². The molecule has 1 unspecified atom stereocenters. The first-order chi connectivity index (χ1) is 8.70. The van der Waals surface area contributed by atoms with Crippen LogP contribution in [-0.2, 0) is 6.42 Å². The molecule has 0 aliphatic rings. The second-order valence-electron chi connectivity index (χ2n) is 4.29. The maximum absolute atomic E-state index is 13.2. The van der Waals surface area contributed by atoms with E-state index in [2.05, 4.69) is 10.4 Å². The van der Waals surface area contributed by atoms with Gasteiger partial charge >= 0.3 is 0 Å². The quantitative estimate of drug-likeness (QED) is 0.642. The maximum Gasteiger partial charge on any atom is 0.126 e. The Balaban J connectivity index is 2.20. The van der Waals surface area contributed by atoms with Crippen LogP contribution in [0.4, 0.5) is 4.39 Å². The number of hydrogen-bond acceptors (Lipinski definition) is 3. The highest BCUT2D eigenvalue weighted by atomic mass is 19.1. The van der Waals surface area contributed by atoms with Crippen LogP contribution in [0.25, 0.3) is 0 Å². The molecule has 0 saturated heterocycles. The van der Waals surface area contributed by atoms with Crippen molar-refractivity contribution in [1.29, 1.82) is 0 Å². The van der Waals surface area contributed by atoms with Crippen molar-refractivity contribution < 1.29 is 4.39 Å². The number of nitrogens with one attached hydrogen (secondary N) is 1. The predicted octanol–water partition coefficient (Wildman–Crippen LogP) is 2.28. The van der Waals surface area contributed by atoms with Gasteiger partial charge in [0.05, 0.1) is 0 Å². The molecular formula is C14H16FN3. The number of pyridine rings is 1. The van der Waals surface area contributed by atoms with Gasteiger partial charge < -0.3 is 0 Å². The van der Waals surface area contributed by atoms with Crippen molar-refractivity contribution in [2.75, 3.05) is 0 Å². The minimum atomic E-state index is -0.196. The molecule has 2 rings (SSSR count). The summed E-state index contributed by atoms with van der Waals surface area (Å²) >= 11 is 0. The molecule has 1 aromatic carbocycles. The van der Waals surface area contributed by atoms with Crippen LogP contribution in [-0.4, -0.2) is 4.98 Å². The van der Waals surface area contributed by atoms with Crippen LogP contribution in [0, 0.1) is 12.7 Å². The third-order valence-electron chi connectivity index (χ3n) is 2.97. The Morgan fingerprint density at radius 2 is 2.00 bits per heavy atom. The highest BCUT2D eigenvalue weighted by Gasteiger charge is 2.11. The first kappa shape index (κ1) is 12.7. The second kappa shape index (κ2) is 5.71. The lowest BCUT2D eigenvalue weighted by Crippen LogP contribution is -2.29. The number of halogens is 1. The van der Waals surface area contributed by atoms with Gasteiger partial charge in [0.2, 0.25) is 0 Å². The summed E-state index contributed by atoms with van der Waals surface area (Å²) in [5.74, 6) is 5.39. The number of hydrazine groups is 1. The third kappa shape index (κ3) is 2.91. The van der Waals surface area contributed by atoms with Crippen LogP contribution >= 0.6 is 0 Å². The first-order valence-corrected chi connectivity index (χ1v) is 5.82. The smallest absolute Gasteiger partial charge is 0.126 e. The number of hydrogen-bond donors (Lipinski definition) is 2. The number of aryl methyl sites for hydroxylation is 1. The average molecular weight is 245 g/mol. The van der Waals surface area contributed by atoms with Gasteiger partial charge in [-0.05, 0) is 48.2 Å². The lowest BCUT2D eigenvalue weighted by atomic mass is 9.98. The van der Waals surface area contributed by atoms with Crippen molar-refractivity contribution in [3.05, 3.63) is 65.2 Å². The van der Waals surface area contributed by atoms with E-state index in [0.717, 1.165) is 17.5 Å². The Labute approximate surface area is 106 Å². The molecule has 94 valence electrons. The highest BCUT2D eigenvalue weighted by Crippen LogP contribution is 2.19. The van der Waals surface area contributed by atoms with Crippen molar-refractivity contribution in [2.45, 2.75) is 19.4 Å². The average Bonchev–Trinajstić information content (AvgIpc) is 2.40. The molecule has 0 saturated carbocycles. The third-order valence-corrected chi connectivity index (χ3v) is 2.97. The second-order valence-corrected chi connectivity index (χ2v) is 4.29. The van der Waals surface area contributed by atoms with Crippen LogP contribution in [0.3, 0.4) is 0 Å². The molecule has 1 atom stereocenters. The molecule has 1 heterocycles. The SMILES string of the molecule is Cc1cc(C(Cc2ccncc2)NN)ccc1F. The van der Waals surface area contributed by atoms with E-state index in [1.54, 1.807) is 25.4 Å². The molecule has 18 heavy (non-hydrogen) atoms. The zero-order valence-electron chi connectivity index (χ0n) is 10.2. The summed E-state index contributed by atoms with van der Waals surface area (Å²) in [5.41, 5.74) is 5.51. The molecule has 4 heteroatoms. The van der Waals surface area contributed by atoms with Crippen molar-refractivity contribution in [3.8, 4) is 0 Å². The van der Waals surface area contributed by atoms with Crippen LogP contribution in [0.2, 0.25) is 0 Å². The number of nitrogens with two attached hydrogens (primary N) is 1. The Morgan fingerprint density at radius 3 is 2.61 bits per heavy atom. The Kier molecular flexibility index (Phi) is 4.02. The molecule has 1 aromatic heterocycles. The molecular weight excluding hydrogens is 229 g/mol. The van der Waals surface area contributed by atoms with Crippen molar-refractivity contribution in [2.24, 2.45) is 5.84 Å². The number of nitrogens with zero attached hydrogens (tertiary/aromatic N) is 1. The van der Waals surface area contributed by atoms with Gasteiger partial charge in [-0.15, -0.1) is 0 Å². The van der Waals surface area contributed by atoms with Gasteiger partial charge in [-0.1, -0.05) is 12.1 Å². The zero-order valence-corrected chi connectivity index (χ0v) is 10.2. The summed E-state index contributed by atoms with van der Waals surface area (Å²) in [7, 11) is 0. The minimum absolute atomic E-state index is 0.0355. The monoisotopic (exact) mass is 245 g/mol. The molecule has 0 aliphatic heterocycles. The van der Waals surface area contributed by atoms with Crippen molar-refractivity contribution >= 4 is 0 Å². The Morgan fingerprint density at radius 1 is 1.28 bits per heavy atom. The fourth-order valence-corrected chi connectivity index (χ4v) is 1.91.